The molecule has 2 amide bonds. The van der Waals surface area contributed by atoms with Gasteiger partial charge in [-0.15, -0.1) is 0 Å². The second kappa shape index (κ2) is 4.60. The third kappa shape index (κ3) is 1.44. The van der Waals surface area contributed by atoms with E-state index in [1.807, 2.05) is 60.7 Å². The Morgan fingerprint density at radius 3 is 2.32 bits per heavy atom. The minimum absolute atomic E-state index is 0.00454. The zero-order valence-corrected chi connectivity index (χ0v) is 14.0. The molecule has 0 aromatic heterocycles. The van der Waals surface area contributed by atoms with Crippen LogP contribution >= 0.6 is 0 Å². The number of fused-ring (bicyclic) bond motifs is 5. The second-order valence-corrected chi connectivity index (χ2v) is 7.07. The molecule has 2 heterocycles. The quantitative estimate of drug-likeness (QED) is 0.755. The zero-order chi connectivity index (χ0) is 17.2. The lowest BCUT2D eigenvalue weighted by molar-refractivity contribution is -0.133. The van der Waals surface area contributed by atoms with Crippen molar-refractivity contribution < 1.29 is 9.59 Å². The van der Waals surface area contributed by atoms with E-state index in [4.69, 9.17) is 0 Å². The highest BCUT2D eigenvalue weighted by Crippen LogP contribution is 2.61. The van der Waals surface area contributed by atoms with E-state index in [9.17, 15) is 9.59 Å². The van der Waals surface area contributed by atoms with Crippen molar-refractivity contribution in [3.8, 4) is 0 Å². The Morgan fingerprint density at radius 1 is 0.880 bits per heavy atom. The molecule has 2 atom stereocenters. The van der Waals surface area contributed by atoms with Gasteiger partial charge in [-0.1, -0.05) is 48.6 Å². The summed E-state index contributed by atoms with van der Waals surface area (Å²) in [5, 5.41) is 3.03. The zero-order valence-electron chi connectivity index (χ0n) is 14.0. The summed E-state index contributed by atoms with van der Waals surface area (Å²) in [5.41, 5.74) is 1.84. The second-order valence-electron chi connectivity index (χ2n) is 7.07. The van der Waals surface area contributed by atoms with E-state index in [1.165, 1.54) is 0 Å². The van der Waals surface area contributed by atoms with Gasteiger partial charge >= 0.3 is 0 Å². The lowest BCUT2D eigenvalue weighted by Gasteiger charge is -2.45. The molecule has 4 heteroatoms. The Balaban J connectivity index is 1.89. The van der Waals surface area contributed by atoms with E-state index in [2.05, 4.69) is 5.32 Å². The van der Waals surface area contributed by atoms with Gasteiger partial charge in [-0.2, -0.15) is 0 Å². The van der Waals surface area contributed by atoms with Crippen molar-refractivity contribution in [1.29, 1.82) is 0 Å². The number of likely N-dealkylation sites (N-methyl/N-ethyl adjacent to an activating group) is 1. The van der Waals surface area contributed by atoms with E-state index in [0.717, 1.165) is 22.5 Å². The fraction of sp³-hybridized carbons (Fsp3) is 0.238. The molecule has 4 nitrogen and oxygen atoms in total. The maximum Gasteiger partial charge on any atom is 0.239 e. The smallest absolute Gasteiger partial charge is 0.239 e. The van der Waals surface area contributed by atoms with Gasteiger partial charge < -0.3 is 10.2 Å². The third-order valence-corrected chi connectivity index (χ3v) is 6.16. The lowest BCUT2D eigenvalue weighted by atomic mass is 9.53. The molecule has 1 N–H and O–H groups in total. The summed E-state index contributed by atoms with van der Waals surface area (Å²) >= 11 is 0. The Hall–Kier alpha value is -2.88. The average molecular weight is 330 g/mol. The Bertz CT molecular complexity index is 964. The first-order chi connectivity index (χ1) is 12.1. The number of para-hydroxylation sites is 2. The van der Waals surface area contributed by atoms with Gasteiger partial charge in [0, 0.05) is 18.4 Å². The molecule has 0 saturated carbocycles. The highest BCUT2D eigenvalue weighted by Gasteiger charge is 2.68. The molecule has 1 aliphatic carbocycles. The molecule has 0 fully saturated rings. The standard InChI is InChI=1S/C21H18N2O2/c1-23-17-11-5-3-9-15(17)21(19(23)25)13-7-6-12-20(21)14-8-2-4-10-16(14)22-18(20)24/h2-11H,12-13H2,1H3,(H,22,24). The molecule has 124 valence electrons. The van der Waals surface area contributed by atoms with Crippen molar-refractivity contribution in [2.45, 2.75) is 23.7 Å². The largest absolute Gasteiger partial charge is 0.325 e. The van der Waals surface area contributed by atoms with Gasteiger partial charge in [0.05, 0.1) is 10.8 Å². The third-order valence-electron chi connectivity index (χ3n) is 6.16. The minimum atomic E-state index is -0.893. The molecule has 25 heavy (non-hydrogen) atoms. The number of rotatable bonds is 0. The molecule has 2 unspecified atom stereocenters. The monoisotopic (exact) mass is 330 g/mol. The lowest BCUT2D eigenvalue weighted by Crippen LogP contribution is -2.59. The molecule has 5 rings (SSSR count). The molecule has 2 aromatic rings. The molecule has 0 saturated heterocycles. The SMILES string of the molecule is CN1C(=O)C2(CC=CCC23C(=O)Nc2ccccc23)c2ccccc21. The van der Waals surface area contributed by atoms with Crippen LogP contribution in [-0.4, -0.2) is 18.9 Å². The normalized spacial score (nSPS) is 29.2. The molecular formula is C21H18N2O2. The van der Waals surface area contributed by atoms with Crippen LogP contribution in [0.15, 0.2) is 60.7 Å². The van der Waals surface area contributed by atoms with Crippen LogP contribution < -0.4 is 10.2 Å². The first-order valence-corrected chi connectivity index (χ1v) is 8.56. The van der Waals surface area contributed by atoms with E-state index in [0.29, 0.717) is 12.8 Å². The van der Waals surface area contributed by atoms with E-state index in [1.54, 1.807) is 11.9 Å². The fourth-order valence-corrected chi connectivity index (χ4v) is 5.06. The van der Waals surface area contributed by atoms with Crippen molar-refractivity contribution in [1.82, 2.24) is 0 Å². The summed E-state index contributed by atoms with van der Waals surface area (Å²) in [7, 11) is 1.81. The predicted molar refractivity (Wildman–Crippen MR) is 96.7 cm³/mol. The summed E-state index contributed by atoms with van der Waals surface area (Å²) in [5.74, 6) is -0.0681. The van der Waals surface area contributed by atoms with E-state index < -0.39 is 10.8 Å². The summed E-state index contributed by atoms with van der Waals surface area (Å²) in [6.07, 6.45) is 5.16. The van der Waals surface area contributed by atoms with Crippen LogP contribution in [0.3, 0.4) is 0 Å². The Morgan fingerprint density at radius 2 is 1.52 bits per heavy atom. The molecule has 2 aromatic carbocycles. The van der Waals surface area contributed by atoms with Gasteiger partial charge in [-0.3, -0.25) is 9.59 Å². The van der Waals surface area contributed by atoms with Crippen LogP contribution in [0.25, 0.3) is 0 Å². The van der Waals surface area contributed by atoms with Gasteiger partial charge in [-0.25, -0.2) is 0 Å². The van der Waals surface area contributed by atoms with Gasteiger partial charge in [0.1, 0.15) is 0 Å². The predicted octanol–water partition coefficient (Wildman–Crippen LogP) is 3.14. The van der Waals surface area contributed by atoms with Crippen LogP contribution in [0.1, 0.15) is 24.0 Å². The summed E-state index contributed by atoms with van der Waals surface area (Å²) in [6.45, 7) is 0. The first-order valence-electron chi connectivity index (χ1n) is 8.56. The van der Waals surface area contributed by atoms with Crippen molar-refractivity contribution in [3.05, 3.63) is 71.8 Å². The van der Waals surface area contributed by atoms with Crippen molar-refractivity contribution >= 4 is 23.2 Å². The number of anilines is 2. The number of hydrogen-bond acceptors (Lipinski definition) is 2. The molecule has 0 bridgehead atoms. The summed E-state index contributed by atoms with van der Waals surface area (Å²) < 4.78 is 0. The van der Waals surface area contributed by atoms with Gasteiger partial charge in [0.2, 0.25) is 11.8 Å². The molecule has 2 spiro atoms. The minimum Gasteiger partial charge on any atom is -0.325 e. The van der Waals surface area contributed by atoms with Crippen molar-refractivity contribution in [2.24, 2.45) is 0 Å². The highest BCUT2D eigenvalue weighted by atomic mass is 16.2. The van der Waals surface area contributed by atoms with E-state index in [-0.39, 0.29) is 11.8 Å². The van der Waals surface area contributed by atoms with Gasteiger partial charge in [0.25, 0.3) is 0 Å². The Kier molecular flexibility index (Phi) is 2.66. The number of carbonyl (C=O) groups excluding carboxylic acids is 2. The molecule has 2 aliphatic heterocycles. The van der Waals surface area contributed by atoms with E-state index >= 15 is 0 Å². The maximum absolute atomic E-state index is 13.6. The fourth-order valence-electron chi connectivity index (χ4n) is 5.06. The summed E-state index contributed by atoms with van der Waals surface area (Å²) in [6, 6.07) is 15.6. The number of hydrogen-bond donors (Lipinski definition) is 1. The first kappa shape index (κ1) is 14.5. The molecule has 3 aliphatic rings. The van der Waals surface area contributed by atoms with Crippen LogP contribution in [0.2, 0.25) is 0 Å². The average Bonchev–Trinajstić information content (AvgIpc) is 3.04. The topological polar surface area (TPSA) is 49.4 Å². The van der Waals surface area contributed by atoms with Crippen LogP contribution in [-0.2, 0) is 20.4 Å². The number of carbonyl (C=O) groups is 2. The van der Waals surface area contributed by atoms with Gasteiger partial charge in [0.15, 0.2) is 0 Å². The van der Waals surface area contributed by atoms with Gasteiger partial charge in [-0.05, 0) is 36.1 Å². The highest BCUT2D eigenvalue weighted by molar-refractivity contribution is 6.18. The molecular weight excluding hydrogens is 312 g/mol. The number of nitrogens with zero attached hydrogens (tertiary/aromatic N) is 1. The van der Waals surface area contributed by atoms with Crippen LogP contribution in [0.5, 0.6) is 0 Å². The number of benzene rings is 2. The van der Waals surface area contributed by atoms with Crippen molar-refractivity contribution in [2.75, 3.05) is 17.3 Å². The van der Waals surface area contributed by atoms with Crippen LogP contribution in [0.4, 0.5) is 11.4 Å². The number of allylic oxidation sites excluding steroid dienone is 2. The molecule has 0 radical (unpaired) electrons. The summed E-state index contributed by atoms with van der Waals surface area (Å²) in [4.78, 5) is 28.6. The number of nitrogens with one attached hydrogen (secondary N) is 1. The Labute approximate surface area is 146 Å². The van der Waals surface area contributed by atoms with Crippen LogP contribution in [0, 0.1) is 0 Å². The maximum atomic E-state index is 13.6. The number of amides is 2. The van der Waals surface area contributed by atoms with Crippen molar-refractivity contribution in [3.63, 3.8) is 0 Å².